The molecule has 0 radical (unpaired) electrons. The molecule has 7 heteroatoms. The normalized spacial score (nSPS) is 17.5. The van der Waals surface area contributed by atoms with Crippen LogP contribution in [0.25, 0.3) is 6.08 Å². The number of hydrogen-bond acceptors (Lipinski definition) is 6. The van der Waals surface area contributed by atoms with Crippen molar-refractivity contribution in [2.45, 2.75) is 19.6 Å². The Labute approximate surface area is 189 Å². The van der Waals surface area contributed by atoms with Crippen molar-refractivity contribution < 1.29 is 23.9 Å². The second-order valence-electron chi connectivity index (χ2n) is 7.75. The first kappa shape index (κ1) is 20.5. The van der Waals surface area contributed by atoms with E-state index in [2.05, 4.69) is 0 Å². The molecule has 0 bridgehead atoms. The summed E-state index contributed by atoms with van der Waals surface area (Å²) in [6.07, 6.45) is 3.50. The smallest absolute Gasteiger partial charge is 0.269 e. The highest BCUT2D eigenvalue weighted by molar-refractivity contribution is 6.12. The summed E-state index contributed by atoms with van der Waals surface area (Å²) in [4.78, 5) is 23.2. The quantitative estimate of drug-likeness (QED) is 0.295. The van der Waals surface area contributed by atoms with Crippen molar-refractivity contribution in [2.75, 3.05) is 0 Å². The van der Waals surface area contributed by atoms with Crippen molar-refractivity contribution in [1.29, 1.82) is 0 Å². The van der Waals surface area contributed by atoms with E-state index in [-0.39, 0.29) is 29.9 Å². The third-order valence-electron chi connectivity index (χ3n) is 5.51. The van der Waals surface area contributed by atoms with E-state index in [1.54, 1.807) is 36.4 Å². The van der Waals surface area contributed by atoms with Crippen LogP contribution in [0.5, 0.6) is 17.2 Å². The van der Waals surface area contributed by atoms with Gasteiger partial charge in [-0.3, -0.25) is 14.9 Å². The SMILES string of the molecule is C[C@H]1Oc2ccccc2C=C1/C=C1\Oc2cc(OCc3ccc([N+](=O)[O-])cc3)ccc2C1=O. The lowest BCUT2D eigenvalue weighted by molar-refractivity contribution is -0.384. The van der Waals surface area contributed by atoms with Gasteiger partial charge in [0.1, 0.15) is 30.0 Å². The second kappa shape index (κ2) is 8.27. The third-order valence-corrected chi connectivity index (χ3v) is 5.51. The molecular formula is C26H19NO6. The highest BCUT2D eigenvalue weighted by atomic mass is 16.6. The minimum Gasteiger partial charge on any atom is -0.489 e. The zero-order valence-electron chi connectivity index (χ0n) is 17.7. The minimum atomic E-state index is -0.445. The monoisotopic (exact) mass is 441 g/mol. The van der Waals surface area contributed by atoms with Gasteiger partial charge in [-0.05, 0) is 60.5 Å². The number of nitro groups is 1. The maximum atomic E-state index is 12.8. The predicted octanol–water partition coefficient (Wildman–Crippen LogP) is 5.50. The zero-order valence-corrected chi connectivity index (χ0v) is 17.7. The number of Topliss-reactive ketones (excluding diaryl/α,β-unsaturated/α-hetero) is 1. The molecule has 0 unspecified atom stereocenters. The Hall–Kier alpha value is -4.39. The van der Waals surface area contributed by atoms with Crippen molar-refractivity contribution in [3.05, 3.63) is 111 Å². The molecule has 5 rings (SSSR count). The number of carbonyl (C=O) groups is 1. The lowest BCUT2D eigenvalue weighted by Gasteiger charge is -2.22. The van der Waals surface area contributed by atoms with Gasteiger partial charge in [-0.25, -0.2) is 0 Å². The van der Waals surface area contributed by atoms with E-state index in [9.17, 15) is 14.9 Å². The fourth-order valence-corrected chi connectivity index (χ4v) is 3.71. The molecule has 0 fully saturated rings. The number of ketones is 1. The predicted molar refractivity (Wildman–Crippen MR) is 121 cm³/mol. The van der Waals surface area contributed by atoms with E-state index < -0.39 is 4.92 Å². The summed E-state index contributed by atoms with van der Waals surface area (Å²) in [5.41, 5.74) is 3.08. The number of allylic oxidation sites excluding steroid dienone is 1. The van der Waals surface area contributed by atoms with E-state index >= 15 is 0 Å². The Kier molecular flexibility index (Phi) is 5.14. The van der Waals surface area contributed by atoms with E-state index in [0.29, 0.717) is 17.1 Å². The zero-order chi connectivity index (χ0) is 22.9. The number of nitro benzene ring substituents is 1. The van der Waals surface area contributed by atoms with Gasteiger partial charge in [0.25, 0.3) is 5.69 Å². The van der Waals surface area contributed by atoms with Crippen LogP contribution in [0.4, 0.5) is 5.69 Å². The molecule has 2 aliphatic rings. The number of rotatable bonds is 5. The van der Waals surface area contributed by atoms with E-state index in [4.69, 9.17) is 14.2 Å². The van der Waals surface area contributed by atoms with Gasteiger partial charge in [0.05, 0.1) is 10.5 Å². The number of benzene rings is 3. The summed E-state index contributed by atoms with van der Waals surface area (Å²) in [7, 11) is 0. The van der Waals surface area contributed by atoms with Crippen LogP contribution < -0.4 is 14.2 Å². The van der Waals surface area contributed by atoms with Gasteiger partial charge < -0.3 is 14.2 Å². The number of carbonyl (C=O) groups excluding carboxylic acids is 1. The fraction of sp³-hybridized carbons (Fsp3) is 0.115. The lowest BCUT2D eigenvalue weighted by Crippen LogP contribution is -2.18. The lowest BCUT2D eigenvalue weighted by atomic mass is 10.0. The molecule has 3 aromatic carbocycles. The summed E-state index contributed by atoms with van der Waals surface area (Å²) in [6.45, 7) is 2.16. The summed E-state index contributed by atoms with van der Waals surface area (Å²) in [5, 5.41) is 10.8. The summed E-state index contributed by atoms with van der Waals surface area (Å²) >= 11 is 0. The number of non-ortho nitro benzene ring substituents is 1. The van der Waals surface area contributed by atoms with E-state index in [0.717, 1.165) is 22.4 Å². The number of fused-ring (bicyclic) bond motifs is 2. The van der Waals surface area contributed by atoms with Crippen LogP contribution in [0.15, 0.2) is 84.1 Å². The van der Waals surface area contributed by atoms with Crippen LogP contribution in [-0.4, -0.2) is 16.8 Å². The van der Waals surface area contributed by atoms with E-state index in [1.807, 2.05) is 37.3 Å². The number of hydrogen-bond donors (Lipinski definition) is 0. The van der Waals surface area contributed by atoms with Gasteiger partial charge in [-0.2, -0.15) is 0 Å². The number of para-hydroxylation sites is 1. The number of ether oxygens (including phenoxy) is 3. The second-order valence-corrected chi connectivity index (χ2v) is 7.75. The summed E-state index contributed by atoms with van der Waals surface area (Å²) in [6, 6.07) is 18.9. The molecule has 0 amide bonds. The Bertz CT molecular complexity index is 1320. The standard InChI is InChI=1S/C26H19NO6/c1-16-19(12-18-4-2-3-5-23(18)32-16)13-25-26(28)22-11-10-21(14-24(22)33-25)31-15-17-6-8-20(9-7-17)27(29)30/h2-14,16H,15H2,1H3/b25-13-/t16-/m1/s1. The molecule has 0 N–H and O–H groups in total. The Morgan fingerprint density at radius 2 is 1.85 bits per heavy atom. The van der Waals surface area contributed by atoms with Crippen molar-refractivity contribution in [3.8, 4) is 17.2 Å². The topological polar surface area (TPSA) is 87.9 Å². The van der Waals surface area contributed by atoms with Gasteiger partial charge >= 0.3 is 0 Å². The number of nitrogens with zero attached hydrogens (tertiary/aromatic N) is 1. The molecule has 1 atom stereocenters. The molecule has 0 saturated heterocycles. The molecule has 0 saturated carbocycles. The summed E-state index contributed by atoms with van der Waals surface area (Å²) < 4.78 is 17.6. The van der Waals surface area contributed by atoms with Crippen LogP contribution in [0.3, 0.4) is 0 Å². The van der Waals surface area contributed by atoms with Gasteiger partial charge in [-0.15, -0.1) is 0 Å². The molecule has 164 valence electrons. The van der Waals surface area contributed by atoms with Gasteiger partial charge in [0, 0.05) is 23.8 Å². The summed E-state index contributed by atoms with van der Waals surface area (Å²) in [5.74, 6) is 1.81. The average molecular weight is 441 g/mol. The molecular weight excluding hydrogens is 422 g/mol. The fourth-order valence-electron chi connectivity index (χ4n) is 3.71. The average Bonchev–Trinajstić information content (AvgIpc) is 3.13. The van der Waals surface area contributed by atoms with Crippen LogP contribution >= 0.6 is 0 Å². The first-order chi connectivity index (χ1) is 16.0. The van der Waals surface area contributed by atoms with Crippen LogP contribution in [0.1, 0.15) is 28.4 Å². The van der Waals surface area contributed by atoms with Gasteiger partial charge in [0.2, 0.25) is 5.78 Å². The van der Waals surface area contributed by atoms with E-state index in [1.165, 1.54) is 12.1 Å². The van der Waals surface area contributed by atoms with Gasteiger partial charge in [-0.1, -0.05) is 18.2 Å². The molecule has 0 spiro atoms. The van der Waals surface area contributed by atoms with Crippen LogP contribution in [0.2, 0.25) is 0 Å². The highest BCUT2D eigenvalue weighted by Crippen LogP contribution is 2.36. The maximum Gasteiger partial charge on any atom is 0.269 e. The first-order valence-corrected chi connectivity index (χ1v) is 10.4. The molecule has 0 aromatic heterocycles. The van der Waals surface area contributed by atoms with Crippen molar-refractivity contribution in [3.63, 3.8) is 0 Å². The van der Waals surface area contributed by atoms with Crippen molar-refractivity contribution >= 4 is 17.5 Å². The van der Waals surface area contributed by atoms with Gasteiger partial charge in [0.15, 0.2) is 5.76 Å². The molecule has 33 heavy (non-hydrogen) atoms. The van der Waals surface area contributed by atoms with Crippen molar-refractivity contribution in [1.82, 2.24) is 0 Å². The third kappa shape index (κ3) is 4.08. The Morgan fingerprint density at radius 3 is 2.64 bits per heavy atom. The molecule has 7 nitrogen and oxygen atoms in total. The van der Waals surface area contributed by atoms with Crippen LogP contribution in [-0.2, 0) is 6.61 Å². The molecule has 3 aromatic rings. The Balaban J connectivity index is 1.32. The largest absolute Gasteiger partial charge is 0.489 e. The van der Waals surface area contributed by atoms with Crippen molar-refractivity contribution in [2.24, 2.45) is 0 Å². The maximum absolute atomic E-state index is 12.8. The molecule has 2 heterocycles. The molecule has 0 aliphatic carbocycles. The Morgan fingerprint density at radius 1 is 1.06 bits per heavy atom. The highest BCUT2D eigenvalue weighted by Gasteiger charge is 2.29. The minimum absolute atomic E-state index is 0.0267. The first-order valence-electron chi connectivity index (χ1n) is 10.4. The molecule has 2 aliphatic heterocycles. The van der Waals surface area contributed by atoms with Crippen LogP contribution in [0, 0.1) is 10.1 Å².